The van der Waals surface area contributed by atoms with Crippen LogP contribution in [0.4, 0.5) is 4.39 Å². The van der Waals surface area contributed by atoms with E-state index >= 15 is 0 Å². The zero-order chi connectivity index (χ0) is 11.8. The highest BCUT2D eigenvalue weighted by molar-refractivity contribution is 9.10. The van der Waals surface area contributed by atoms with Crippen LogP contribution in [0.25, 0.3) is 0 Å². The van der Waals surface area contributed by atoms with Crippen molar-refractivity contribution in [1.82, 2.24) is 0 Å². The predicted octanol–water partition coefficient (Wildman–Crippen LogP) is 2.23. The summed E-state index contributed by atoms with van der Waals surface area (Å²) >= 11 is 3.36. The molecule has 1 aliphatic carbocycles. The van der Waals surface area contributed by atoms with Gasteiger partial charge >= 0.3 is 0 Å². The second-order valence-corrected chi connectivity index (χ2v) is 5.35. The van der Waals surface area contributed by atoms with Crippen LogP contribution in [0.5, 0.6) is 0 Å². The molecule has 0 saturated heterocycles. The van der Waals surface area contributed by atoms with E-state index in [0.717, 1.165) is 22.9 Å². The van der Waals surface area contributed by atoms with Crippen molar-refractivity contribution in [2.75, 3.05) is 6.54 Å². The molecule has 2 nitrogen and oxygen atoms in total. The Bertz CT molecular complexity index is 395. The molecular weight excluding hydrogens is 273 g/mol. The second kappa shape index (κ2) is 4.43. The van der Waals surface area contributed by atoms with Gasteiger partial charge in [-0.1, -0.05) is 15.9 Å². The Morgan fingerprint density at radius 1 is 1.50 bits per heavy atom. The van der Waals surface area contributed by atoms with Crippen molar-refractivity contribution < 1.29 is 9.50 Å². The topological polar surface area (TPSA) is 46.2 Å². The van der Waals surface area contributed by atoms with Gasteiger partial charge in [0.15, 0.2) is 0 Å². The number of halogens is 2. The van der Waals surface area contributed by atoms with Crippen molar-refractivity contribution in [2.45, 2.75) is 24.9 Å². The zero-order valence-corrected chi connectivity index (χ0v) is 10.5. The van der Waals surface area contributed by atoms with E-state index < -0.39 is 5.60 Å². The van der Waals surface area contributed by atoms with E-state index in [-0.39, 0.29) is 18.3 Å². The van der Waals surface area contributed by atoms with Crippen molar-refractivity contribution in [2.24, 2.45) is 11.7 Å². The average molecular weight is 288 g/mol. The van der Waals surface area contributed by atoms with Crippen LogP contribution in [-0.4, -0.2) is 17.3 Å². The lowest BCUT2D eigenvalue weighted by molar-refractivity contribution is 0.0265. The lowest BCUT2D eigenvalue weighted by Gasteiger charge is -2.27. The van der Waals surface area contributed by atoms with E-state index in [4.69, 9.17) is 5.73 Å². The number of hydrogen-bond donors (Lipinski definition) is 2. The molecule has 0 spiro atoms. The molecule has 0 aliphatic heterocycles. The van der Waals surface area contributed by atoms with Crippen molar-refractivity contribution in [1.29, 1.82) is 0 Å². The van der Waals surface area contributed by atoms with Crippen LogP contribution in [0, 0.1) is 11.7 Å². The maximum atomic E-state index is 13.1. The van der Waals surface area contributed by atoms with Crippen molar-refractivity contribution in [3.8, 4) is 0 Å². The van der Waals surface area contributed by atoms with E-state index in [1.54, 1.807) is 6.07 Å². The molecule has 0 amide bonds. The summed E-state index contributed by atoms with van der Waals surface area (Å²) < 4.78 is 13.9. The highest BCUT2D eigenvalue weighted by Crippen LogP contribution is 2.41. The first-order chi connectivity index (χ1) is 7.55. The summed E-state index contributed by atoms with van der Waals surface area (Å²) in [6, 6.07) is 4.51. The molecule has 1 aliphatic rings. The minimum absolute atomic E-state index is 0.223. The van der Waals surface area contributed by atoms with Gasteiger partial charge in [-0.2, -0.15) is 0 Å². The van der Waals surface area contributed by atoms with Gasteiger partial charge in [-0.15, -0.1) is 0 Å². The fourth-order valence-electron chi connectivity index (χ4n) is 2.01. The lowest BCUT2D eigenvalue weighted by Crippen LogP contribution is -2.42. The van der Waals surface area contributed by atoms with Crippen LogP contribution in [0.2, 0.25) is 0 Å². The molecule has 0 aromatic heterocycles. The van der Waals surface area contributed by atoms with Crippen LogP contribution in [-0.2, 0) is 6.42 Å². The maximum Gasteiger partial charge on any atom is 0.123 e. The third-order valence-electron chi connectivity index (χ3n) is 3.20. The molecule has 2 rings (SSSR count). The predicted molar refractivity (Wildman–Crippen MR) is 64.5 cm³/mol. The first kappa shape index (κ1) is 12.0. The van der Waals surface area contributed by atoms with Gasteiger partial charge in [0, 0.05) is 17.4 Å². The van der Waals surface area contributed by atoms with Crippen molar-refractivity contribution in [3.63, 3.8) is 0 Å². The Balaban J connectivity index is 2.21. The van der Waals surface area contributed by atoms with E-state index in [1.807, 2.05) is 0 Å². The van der Waals surface area contributed by atoms with Gasteiger partial charge in [-0.05, 0) is 42.5 Å². The van der Waals surface area contributed by atoms with Gasteiger partial charge < -0.3 is 10.8 Å². The summed E-state index contributed by atoms with van der Waals surface area (Å²) in [6.07, 6.45) is 2.44. The summed E-state index contributed by atoms with van der Waals surface area (Å²) in [5.74, 6) is -0.0129. The molecule has 4 heteroatoms. The average Bonchev–Trinajstić information content (AvgIpc) is 3.07. The van der Waals surface area contributed by atoms with Crippen molar-refractivity contribution >= 4 is 15.9 Å². The third-order valence-corrected chi connectivity index (χ3v) is 3.97. The molecule has 1 aromatic rings. The molecule has 0 radical (unpaired) electrons. The molecule has 0 heterocycles. The molecule has 0 bridgehead atoms. The van der Waals surface area contributed by atoms with E-state index in [9.17, 15) is 9.50 Å². The highest BCUT2D eigenvalue weighted by Gasteiger charge is 2.42. The summed E-state index contributed by atoms with van der Waals surface area (Å²) in [7, 11) is 0. The summed E-state index contributed by atoms with van der Waals surface area (Å²) in [6.45, 7) is 0.223. The molecule has 88 valence electrons. The van der Waals surface area contributed by atoms with E-state index in [0.29, 0.717) is 6.42 Å². The van der Waals surface area contributed by atoms with Crippen LogP contribution in [0.3, 0.4) is 0 Å². The summed E-state index contributed by atoms with van der Waals surface area (Å²) in [5.41, 5.74) is 5.52. The van der Waals surface area contributed by atoms with Gasteiger partial charge in [0.25, 0.3) is 0 Å². The number of rotatable bonds is 4. The molecule has 1 unspecified atom stereocenters. The molecule has 1 fully saturated rings. The monoisotopic (exact) mass is 287 g/mol. The van der Waals surface area contributed by atoms with Gasteiger partial charge in [0.1, 0.15) is 5.82 Å². The summed E-state index contributed by atoms with van der Waals surface area (Å²) in [4.78, 5) is 0. The first-order valence-electron chi connectivity index (χ1n) is 5.41. The molecule has 16 heavy (non-hydrogen) atoms. The van der Waals surface area contributed by atoms with Crippen LogP contribution in [0.15, 0.2) is 22.7 Å². The standard InChI is InChI=1S/C12H15BrFNO/c13-11-4-3-10(14)5-8(11)6-12(16,7-15)9-1-2-9/h3-5,9,16H,1-2,6-7,15H2. The minimum Gasteiger partial charge on any atom is -0.388 e. The van der Waals surface area contributed by atoms with E-state index in [1.165, 1.54) is 12.1 Å². The number of aliphatic hydroxyl groups is 1. The minimum atomic E-state index is -0.879. The van der Waals surface area contributed by atoms with Gasteiger partial charge in [0.2, 0.25) is 0 Å². The maximum absolute atomic E-state index is 13.1. The Labute approximate surface area is 103 Å². The number of hydrogen-bond acceptors (Lipinski definition) is 2. The Hall–Kier alpha value is -0.450. The molecule has 1 aromatic carbocycles. The van der Waals surface area contributed by atoms with Gasteiger partial charge in [-0.3, -0.25) is 0 Å². The molecule has 1 saturated carbocycles. The first-order valence-corrected chi connectivity index (χ1v) is 6.21. The van der Waals surface area contributed by atoms with E-state index in [2.05, 4.69) is 15.9 Å². The Morgan fingerprint density at radius 3 is 2.75 bits per heavy atom. The Morgan fingerprint density at radius 2 is 2.19 bits per heavy atom. The summed E-state index contributed by atoms with van der Waals surface area (Å²) in [5, 5.41) is 10.4. The van der Waals surface area contributed by atoms with Crippen LogP contribution >= 0.6 is 15.9 Å². The molecule has 1 atom stereocenters. The molecular formula is C12H15BrFNO. The van der Waals surface area contributed by atoms with Crippen LogP contribution in [0.1, 0.15) is 18.4 Å². The smallest absolute Gasteiger partial charge is 0.123 e. The third kappa shape index (κ3) is 2.44. The molecule has 3 N–H and O–H groups in total. The van der Waals surface area contributed by atoms with Gasteiger partial charge in [0.05, 0.1) is 5.60 Å². The van der Waals surface area contributed by atoms with Crippen LogP contribution < -0.4 is 5.73 Å². The lowest BCUT2D eigenvalue weighted by atomic mass is 9.90. The Kier molecular flexibility index (Phi) is 3.33. The highest BCUT2D eigenvalue weighted by atomic mass is 79.9. The van der Waals surface area contributed by atoms with Crippen molar-refractivity contribution in [3.05, 3.63) is 34.1 Å². The number of nitrogens with two attached hydrogens (primary N) is 1. The zero-order valence-electron chi connectivity index (χ0n) is 8.92. The fourth-order valence-corrected chi connectivity index (χ4v) is 2.40. The SMILES string of the molecule is NCC(O)(Cc1cc(F)ccc1Br)C1CC1. The normalized spacial score (nSPS) is 19.5. The fraction of sp³-hybridized carbons (Fsp3) is 0.500. The number of benzene rings is 1. The quantitative estimate of drug-likeness (QED) is 0.892. The second-order valence-electron chi connectivity index (χ2n) is 4.49. The van der Waals surface area contributed by atoms with Gasteiger partial charge in [-0.25, -0.2) is 4.39 Å². The largest absolute Gasteiger partial charge is 0.388 e.